The highest BCUT2D eigenvalue weighted by atomic mass is 16.3. The molecule has 0 radical (unpaired) electrons. The van der Waals surface area contributed by atoms with Gasteiger partial charge in [0.05, 0.1) is 22.2 Å². The second kappa shape index (κ2) is 10.2. The van der Waals surface area contributed by atoms with Crippen molar-refractivity contribution in [2.75, 3.05) is 0 Å². The average Bonchev–Trinajstić information content (AvgIpc) is 3.80. The quantitative estimate of drug-likeness (QED) is 0.197. The molecule has 10 aromatic rings. The minimum absolute atomic E-state index is 0.559. The molecule has 0 amide bonds. The van der Waals surface area contributed by atoms with Gasteiger partial charge in [-0.15, -0.1) is 0 Å². The maximum atomic E-state index is 6.27. The molecule has 0 aliphatic rings. The van der Waals surface area contributed by atoms with Crippen LogP contribution in [0.15, 0.2) is 150 Å². The molecule has 0 bridgehead atoms. The Hall–Kier alpha value is -6.53. The summed E-state index contributed by atoms with van der Waals surface area (Å²) in [6.07, 6.45) is 0. The standard InChI is InChI=1S/C42H27N5O/c1-26-14-12-23-33-39-37(38(46(26)33)27-15-4-2-5-16-27)29-19-8-10-22-32(29)47(39)42-44-40(28-17-6-3-7-18-28)43-41(45-42)31-21-13-25-35-36(31)30-20-9-11-24-34(30)48-35/h2-25H,1H3. The van der Waals surface area contributed by atoms with Crippen LogP contribution in [0.5, 0.6) is 0 Å². The van der Waals surface area contributed by atoms with E-state index in [1.165, 1.54) is 0 Å². The van der Waals surface area contributed by atoms with Gasteiger partial charge in [-0.2, -0.15) is 9.97 Å². The van der Waals surface area contributed by atoms with Crippen molar-refractivity contribution in [3.05, 3.63) is 151 Å². The monoisotopic (exact) mass is 617 g/mol. The largest absolute Gasteiger partial charge is 0.456 e. The van der Waals surface area contributed by atoms with Crippen molar-refractivity contribution in [2.24, 2.45) is 0 Å². The van der Waals surface area contributed by atoms with E-state index in [9.17, 15) is 0 Å². The lowest BCUT2D eigenvalue weighted by atomic mass is 10.1. The van der Waals surface area contributed by atoms with Crippen molar-refractivity contribution in [3.8, 4) is 40.0 Å². The van der Waals surface area contributed by atoms with E-state index >= 15 is 0 Å². The highest BCUT2D eigenvalue weighted by molar-refractivity contribution is 6.21. The van der Waals surface area contributed by atoms with Gasteiger partial charge in [0.15, 0.2) is 11.6 Å². The maximum Gasteiger partial charge on any atom is 0.238 e. The zero-order chi connectivity index (χ0) is 31.8. The highest BCUT2D eigenvalue weighted by Crippen LogP contribution is 2.43. The molecule has 0 atom stereocenters. The first-order chi connectivity index (χ1) is 23.7. The highest BCUT2D eigenvalue weighted by Gasteiger charge is 2.25. The number of nitrogens with zero attached hydrogens (tertiary/aromatic N) is 5. The second-order valence-electron chi connectivity index (χ2n) is 12.1. The van der Waals surface area contributed by atoms with Gasteiger partial charge in [0.1, 0.15) is 11.2 Å². The van der Waals surface area contributed by atoms with E-state index in [-0.39, 0.29) is 0 Å². The van der Waals surface area contributed by atoms with Crippen LogP contribution in [0.4, 0.5) is 0 Å². The summed E-state index contributed by atoms with van der Waals surface area (Å²) in [6, 6.07) is 50.0. The van der Waals surface area contributed by atoms with Crippen molar-refractivity contribution in [1.82, 2.24) is 23.9 Å². The van der Waals surface area contributed by atoms with E-state index < -0.39 is 0 Å². The number of aromatic nitrogens is 5. The van der Waals surface area contributed by atoms with E-state index in [0.717, 1.165) is 77.3 Å². The van der Waals surface area contributed by atoms with Gasteiger partial charge in [0, 0.05) is 38.4 Å². The number of benzene rings is 5. The van der Waals surface area contributed by atoms with Crippen LogP contribution in [0, 0.1) is 6.92 Å². The summed E-state index contributed by atoms with van der Waals surface area (Å²) in [7, 11) is 0. The van der Waals surface area contributed by atoms with Gasteiger partial charge >= 0.3 is 0 Å². The molecule has 0 spiro atoms. The first-order valence-corrected chi connectivity index (χ1v) is 16.1. The summed E-state index contributed by atoms with van der Waals surface area (Å²) in [4.78, 5) is 15.7. The van der Waals surface area contributed by atoms with Gasteiger partial charge in [-0.05, 0) is 42.8 Å². The van der Waals surface area contributed by atoms with Crippen LogP contribution < -0.4 is 0 Å². The Balaban J connectivity index is 1.36. The van der Waals surface area contributed by atoms with Crippen molar-refractivity contribution < 1.29 is 4.42 Å². The average molecular weight is 618 g/mol. The molecule has 0 fully saturated rings. The van der Waals surface area contributed by atoms with Crippen LogP contribution in [-0.4, -0.2) is 23.9 Å². The molecule has 6 nitrogen and oxygen atoms in total. The molecule has 5 aromatic carbocycles. The van der Waals surface area contributed by atoms with Gasteiger partial charge in [-0.3, -0.25) is 4.57 Å². The lowest BCUT2D eigenvalue weighted by molar-refractivity contribution is 0.669. The van der Waals surface area contributed by atoms with Gasteiger partial charge in [0.25, 0.3) is 0 Å². The van der Waals surface area contributed by atoms with Gasteiger partial charge in [-0.25, -0.2) is 4.98 Å². The van der Waals surface area contributed by atoms with Crippen LogP contribution in [0.25, 0.3) is 89.2 Å². The van der Waals surface area contributed by atoms with Gasteiger partial charge in [0.2, 0.25) is 5.95 Å². The minimum Gasteiger partial charge on any atom is -0.456 e. The molecule has 5 heterocycles. The number of hydrogen-bond acceptors (Lipinski definition) is 4. The Kier molecular flexibility index (Phi) is 5.69. The molecule has 5 aromatic heterocycles. The number of pyridine rings is 1. The Morgan fingerprint density at radius 3 is 1.98 bits per heavy atom. The van der Waals surface area contributed by atoms with Crippen molar-refractivity contribution in [2.45, 2.75) is 6.92 Å². The zero-order valence-electron chi connectivity index (χ0n) is 26.0. The fraction of sp³-hybridized carbons (Fsp3) is 0.0238. The molecule has 0 unspecified atom stereocenters. The fourth-order valence-electron chi connectivity index (χ4n) is 7.27. The topological polar surface area (TPSA) is 61.2 Å². The normalized spacial score (nSPS) is 11.9. The van der Waals surface area contributed by atoms with E-state index in [1.54, 1.807) is 0 Å². The SMILES string of the molecule is Cc1cccc2c3c(c(-c4ccccc4)n12)c1ccccc1n3-c1nc(-c2ccccc2)nc(-c2cccc3oc4ccccc4c23)n1. The summed E-state index contributed by atoms with van der Waals surface area (Å²) in [5, 5.41) is 4.32. The number of hydrogen-bond donors (Lipinski definition) is 0. The Morgan fingerprint density at radius 1 is 0.500 bits per heavy atom. The third-order valence-electron chi connectivity index (χ3n) is 9.31. The van der Waals surface area contributed by atoms with Crippen molar-refractivity contribution in [1.29, 1.82) is 0 Å². The zero-order valence-corrected chi connectivity index (χ0v) is 26.0. The predicted octanol–water partition coefficient (Wildman–Crippen LogP) is 10.4. The molecular weight excluding hydrogens is 590 g/mol. The number of rotatable bonds is 4. The number of aryl methyl sites for hydroxylation is 1. The second-order valence-corrected chi connectivity index (χ2v) is 12.1. The molecule has 0 aliphatic carbocycles. The summed E-state index contributed by atoms with van der Waals surface area (Å²) < 4.78 is 10.9. The molecule has 48 heavy (non-hydrogen) atoms. The van der Waals surface area contributed by atoms with Crippen LogP contribution in [0.1, 0.15) is 5.69 Å². The molecule has 0 aliphatic heterocycles. The summed E-state index contributed by atoms with van der Waals surface area (Å²) in [6.45, 7) is 2.16. The number of fused-ring (bicyclic) bond motifs is 8. The summed E-state index contributed by atoms with van der Waals surface area (Å²) in [5.41, 5.74) is 10.1. The molecule has 10 rings (SSSR count). The van der Waals surface area contributed by atoms with Crippen LogP contribution in [-0.2, 0) is 0 Å². The fourth-order valence-corrected chi connectivity index (χ4v) is 7.27. The molecule has 226 valence electrons. The molecule has 0 saturated heterocycles. The third-order valence-corrected chi connectivity index (χ3v) is 9.31. The Bertz CT molecular complexity index is 2840. The molecule has 6 heteroatoms. The number of furan rings is 1. The smallest absolute Gasteiger partial charge is 0.238 e. The predicted molar refractivity (Wildman–Crippen MR) is 193 cm³/mol. The molecule has 0 saturated carbocycles. The van der Waals surface area contributed by atoms with E-state index in [4.69, 9.17) is 19.4 Å². The van der Waals surface area contributed by atoms with E-state index in [1.807, 2.05) is 60.7 Å². The van der Waals surface area contributed by atoms with Crippen LogP contribution >= 0.6 is 0 Å². The first-order valence-electron chi connectivity index (χ1n) is 16.1. The first kappa shape index (κ1) is 26.7. The minimum atomic E-state index is 0.559. The number of para-hydroxylation sites is 2. The van der Waals surface area contributed by atoms with Crippen molar-refractivity contribution in [3.63, 3.8) is 0 Å². The van der Waals surface area contributed by atoms with Crippen molar-refractivity contribution >= 4 is 49.3 Å². The van der Waals surface area contributed by atoms with E-state index in [0.29, 0.717) is 17.6 Å². The molecule has 0 N–H and O–H groups in total. The maximum absolute atomic E-state index is 6.27. The lowest BCUT2D eigenvalue weighted by Crippen LogP contribution is -2.06. The molecular formula is C42H27N5O. The van der Waals surface area contributed by atoms with E-state index in [2.05, 4.69) is 101 Å². The van der Waals surface area contributed by atoms with Gasteiger partial charge < -0.3 is 8.82 Å². The Morgan fingerprint density at radius 2 is 1.15 bits per heavy atom. The lowest BCUT2D eigenvalue weighted by Gasteiger charge is -2.12. The third kappa shape index (κ3) is 3.83. The van der Waals surface area contributed by atoms with Crippen LogP contribution in [0.3, 0.4) is 0 Å². The Labute approximate surface area is 275 Å². The summed E-state index contributed by atoms with van der Waals surface area (Å²) >= 11 is 0. The summed E-state index contributed by atoms with van der Waals surface area (Å²) in [5.74, 6) is 1.75. The van der Waals surface area contributed by atoms with Crippen LogP contribution in [0.2, 0.25) is 0 Å². The van der Waals surface area contributed by atoms with Gasteiger partial charge in [-0.1, -0.05) is 115 Å².